The Morgan fingerprint density at radius 2 is 1.96 bits per heavy atom. The monoisotopic (exact) mass is 359 g/mol. The average Bonchev–Trinajstić information content (AvgIpc) is 3.11. The third-order valence-electron chi connectivity index (χ3n) is 4.47. The van der Waals surface area contributed by atoms with Gasteiger partial charge in [0.2, 0.25) is 5.13 Å². The highest BCUT2D eigenvalue weighted by atomic mass is 32.1. The molecule has 1 aromatic heterocycles. The normalized spacial score (nSPS) is 15.1. The van der Waals surface area contributed by atoms with Crippen LogP contribution in [0.5, 0.6) is 5.75 Å². The highest BCUT2D eigenvalue weighted by Gasteiger charge is 2.20. The molecule has 1 aliphatic carbocycles. The summed E-state index contributed by atoms with van der Waals surface area (Å²) in [6, 6.07) is 7.89. The number of aromatic nitrogens is 2. The number of ether oxygens (including phenoxy) is 1. The molecule has 0 saturated heterocycles. The number of nitrogens with zero attached hydrogens (tertiary/aromatic N) is 2. The standard InChI is InChI=1S/C19H25N3O2S/c1-2-6-14-9-11-16(12-10-14)24-13-17(23)20-19-22-21-18(25-19)15-7-4-3-5-8-15/h9-12,15H,2-8,13H2,1H3,(H,20,22,23). The number of hydrogen-bond acceptors (Lipinski definition) is 5. The molecule has 0 bridgehead atoms. The van der Waals surface area contributed by atoms with Gasteiger partial charge >= 0.3 is 0 Å². The maximum atomic E-state index is 12.0. The molecule has 134 valence electrons. The van der Waals surface area contributed by atoms with E-state index in [-0.39, 0.29) is 12.5 Å². The van der Waals surface area contributed by atoms with Gasteiger partial charge < -0.3 is 4.74 Å². The molecule has 1 fully saturated rings. The number of amides is 1. The molecule has 5 nitrogen and oxygen atoms in total. The zero-order chi connectivity index (χ0) is 17.5. The molecule has 1 heterocycles. The van der Waals surface area contributed by atoms with Gasteiger partial charge in [0.1, 0.15) is 10.8 Å². The molecule has 1 saturated carbocycles. The Bertz CT molecular complexity index is 678. The van der Waals surface area contributed by atoms with E-state index in [9.17, 15) is 4.79 Å². The van der Waals surface area contributed by atoms with E-state index in [2.05, 4.69) is 22.4 Å². The first-order valence-corrected chi connectivity index (χ1v) is 9.91. The fourth-order valence-corrected chi connectivity index (χ4v) is 4.07. The minimum Gasteiger partial charge on any atom is -0.484 e. The van der Waals surface area contributed by atoms with Gasteiger partial charge in [-0.1, -0.05) is 56.1 Å². The third-order valence-corrected chi connectivity index (χ3v) is 5.47. The molecule has 0 aliphatic heterocycles. The van der Waals surface area contributed by atoms with E-state index in [0.29, 0.717) is 16.8 Å². The summed E-state index contributed by atoms with van der Waals surface area (Å²) < 4.78 is 5.54. The van der Waals surface area contributed by atoms with Crippen LogP contribution < -0.4 is 10.1 Å². The molecule has 1 amide bonds. The lowest BCUT2D eigenvalue weighted by Gasteiger charge is -2.18. The molecule has 2 aromatic rings. The zero-order valence-corrected chi connectivity index (χ0v) is 15.5. The maximum Gasteiger partial charge on any atom is 0.264 e. The van der Waals surface area contributed by atoms with Crippen LogP contribution in [0.2, 0.25) is 0 Å². The van der Waals surface area contributed by atoms with E-state index in [1.165, 1.54) is 49.0 Å². The molecule has 0 radical (unpaired) electrons. The molecular weight excluding hydrogens is 334 g/mol. The molecule has 1 aliphatic rings. The van der Waals surface area contributed by atoms with Crippen molar-refractivity contribution in [2.75, 3.05) is 11.9 Å². The number of carbonyl (C=O) groups excluding carboxylic acids is 1. The number of carbonyl (C=O) groups is 1. The van der Waals surface area contributed by atoms with Crippen molar-refractivity contribution in [1.82, 2.24) is 10.2 Å². The topological polar surface area (TPSA) is 64.1 Å². The van der Waals surface area contributed by atoms with E-state index < -0.39 is 0 Å². The van der Waals surface area contributed by atoms with Crippen molar-refractivity contribution in [3.05, 3.63) is 34.8 Å². The quantitative estimate of drug-likeness (QED) is 0.787. The molecule has 0 atom stereocenters. The van der Waals surface area contributed by atoms with Crippen molar-refractivity contribution in [1.29, 1.82) is 0 Å². The van der Waals surface area contributed by atoms with Crippen molar-refractivity contribution < 1.29 is 9.53 Å². The summed E-state index contributed by atoms with van der Waals surface area (Å²) in [5.74, 6) is 1.01. The number of benzene rings is 1. The van der Waals surface area contributed by atoms with Crippen molar-refractivity contribution >= 4 is 22.4 Å². The number of anilines is 1. The number of rotatable bonds is 7. The molecule has 0 spiro atoms. The average molecular weight is 359 g/mol. The Hall–Kier alpha value is -1.95. The second-order valence-corrected chi connectivity index (χ2v) is 7.52. The summed E-state index contributed by atoms with van der Waals surface area (Å²) in [6.45, 7) is 2.13. The Morgan fingerprint density at radius 1 is 1.20 bits per heavy atom. The fraction of sp³-hybridized carbons (Fsp3) is 0.526. The van der Waals surface area contributed by atoms with Gasteiger partial charge in [-0.05, 0) is 37.0 Å². The second-order valence-electron chi connectivity index (χ2n) is 6.51. The summed E-state index contributed by atoms with van der Waals surface area (Å²) in [5.41, 5.74) is 1.28. The van der Waals surface area contributed by atoms with E-state index in [1.54, 1.807) is 0 Å². The van der Waals surface area contributed by atoms with Gasteiger partial charge in [0, 0.05) is 5.92 Å². The van der Waals surface area contributed by atoms with Crippen molar-refractivity contribution in [3.8, 4) is 5.75 Å². The Labute approximate surface area is 152 Å². The zero-order valence-electron chi connectivity index (χ0n) is 14.7. The molecular formula is C19H25N3O2S. The molecule has 3 rings (SSSR count). The summed E-state index contributed by atoms with van der Waals surface area (Å²) in [4.78, 5) is 12.0. The first-order valence-electron chi connectivity index (χ1n) is 9.09. The van der Waals surface area contributed by atoms with Gasteiger partial charge in [0.05, 0.1) is 0 Å². The largest absolute Gasteiger partial charge is 0.484 e. The molecule has 1 aromatic carbocycles. The summed E-state index contributed by atoms with van der Waals surface area (Å²) in [7, 11) is 0. The summed E-state index contributed by atoms with van der Waals surface area (Å²) >= 11 is 1.49. The van der Waals surface area contributed by atoms with Crippen molar-refractivity contribution in [2.24, 2.45) is 0 Å². The lowest BCUT2D eigenvalue weighted by Crippen LogP contribution is -2.20. The smallest absolute Gasteiger partial charge is 0.264 e. The molecule has 1 N–H and O–H groups in total. The van der Waals surface area contributed by atoms with Crippen LogP contribution in [-0.2, 0) is 11.2 Å². The lowest BCUT2D eigenvalue weighted by molar-refractivity contribution is -0.118. The van der Waals surface area contributed by atoms with Crippen LogP contribution in [0.4, 0.5) is 5.13 Å². The van der Waals surface area contributed by atoms with Crippen LogP contribution in [-0.4, -0.2) is 22.7 Å². The van der Waals surface area contributed by atoms with Gasteiger partial charge in [-0.25, -0.2) is 0 Å². The molecule has 0 unspecified atom stereocenters. The predicted octanol–water partition coefficient (Wildman–Crippen LogP) is 4.56. The van der Waals surface area contributed by atoms with Crippen molar-refractivity contribution in [3.63, 3.8) is 0 Å². The van der Waals surface area contributed by atoms with Crippen LogP contribution in [0.1, 0.15) is 61.9 Å². The second kappa shape index (κ2) is 8.94. The fourth-order valence-electron chi connectivity index (χ4n) is 3.14. The highest BCUT2D eigenvalue weighted by Crippen LogP contribution is 2.35. The summed E-state index contributed by atoms with van der Waals surface area (Å²) in [5, 5.41) is 12.7. The Kier molecular flexibility index (Phi) is 6.39. The van der Waals surface area contributed by atoms with Crippen LogP contribution >= 0.6 is 11.3 Å². The number of nitrogens with one attached hydrogen (secondary N) is 1. The maximum absolute atomic E-state index is 12.0. The number of hydrogen-bond donors (Lipinski definition) is 1. The Balaban J connectivity index is 1.46. The third kappa shape index (κ3) is 5.26. The van der Waals surface area contributed by atoms with E-state index >= 15 is 0 Å². The van der Waals surface area contributed by atoms with Crippen LogP contribution in [0, 0.1) is 0 Å². The lowest BCUT2D eigenvalue weighted by atomic mass is 9.90. The van der Waals surface area contributed by atoms with E-state index in [0.717, 1.165) is 17.8 Å². The van der Waals surface area contributed by atoms with E-state index in [1.807, 2.05) is 24.3 Å². The summed E-state index contributed by atoms with van der Waals surface area (Å²) in [6.07, 6.45) is 8.37. The first-order chi connectivity index (χ1) is 12.2. The highest BCUT2D eigenvalue weighted by molar-refractivity contribution is 7.15. The van der Waals surface area contributed by atoms with Gasteiger partial charge in [-0.3, -0.25) is 10.1 Å². The van der Waals surface area contributed by atoms with Gasteiger partial charge in [0.25, 0.3) is 5.91 Å². The van der Waals surface area contributed by atoms with Gasteiger partial charge in [0.15, 0.2) is 6.61 Å². The SMILES string of the molecule is CCCc1ccc(OCC(=O)Nc2nnc(C3CCCCC3)s2)cc1. The molecule has 6 heteroatoms. The van der Waals surface area contributed by atoms with E-state index in [4.69, 9.17) is 4.74 Å². The van der Waals surface area contributed by atoms with Gasteiger partial charge in [-0.2, -0.15) is 0 Å². The first kappa shape index (κ1) is 17.9. The van der Waals surface area contributed by atoms with Crippen molar-refractivity contribution in [2.45, 2.75) is 57.8 Å². The number of aryl methyl sites for hydroxylation is 1. The van der Waals surface area contributed by atoms with Crippen LogP contribution in [0.3, 0.4) is 0 Å². The Morgan fingerprint density at radius 3 is 2.68 bits per heavy atom. The minimum atomic E-state index is -0.205. The van der Waals surface area contributed by atoms with Crippen LogP contribution in [0.15, 0.2) is 24.3 Å². The minimum absolute atomic E-state index is 0.0224. The molecule has 25 heavy (non-hydrogen) atoms. The van der Waals surface area contributed by atoms with Gasteiger partial charge in [-0.15, -0.1) is 10.2 Å². The van der Waals surface area contributed by atoms with Crippen LogP contribution in [0.25, 0.3) is 0 Å². The predicted molar refractivity (Wildman–Crippen MR) is 100 cm³/mol.